The maximum absolute atomic E-state index is 11.8. The molecule has 2 rings (SSSR count). The van der Waals surface area contributed by atoms with Gasteiger partial charge in [0.05, 0.1) is 0 Å². The highest BCUT2D eigenvalue weighted by Gasteiger charge is 2.25. The molecule has 0 saturated heterocycles. The van der Waals surface area contributed by atoms with Crippen LogP contribution in [-0.2, 0) is 4.79 Å². The minimum Gasteiger partial charge on any atom is -0.374 e. The van der Waals surface area contributed by atoms with E-state index >= 15 is 0 Å². The summed E-state index contributed by atoms with van der Waals surface area (Å²) < 4.78 is 0. The third-order valence-electron chi connectivity index (χ3n) is 3.02. The molecule has 0 bridgehead atoms. The summed E-state index contributed by atoms with van der Waals surface area (Å²) in [6.07, 6.45) is 5.02. The van der Waals surface area contributed by atoms with Crippen molar-refractivity contribution in [1.82, 2.24) is 10.3 Å². The number of carbonyl (C=O) groups excluding carboxylic acids is 1. The molecule has 1 atom stereocenters. The fraction of sp³-hybridized carbons (Fsp3) is 0.571. The Morgan fingerprint density at radius 3 is 3.00 bits per heavy atom. The van der Waals surface area contributed by atoms with Gasteiger partial charge in [0, 0.05) is 30.5 Å². The van der Waals surface area contributed by atoms with E-state index in [0.717, 1.165) is 37.3 Å². The fourth-order valence-corrected chi connectivity index (χ4v) is 1.74. The Balaban J connectivity index is 1.87. The minimum absolute atomic E-state index is 0.0578. The van der Waals surface area contributed by atoms with Gasteiger partial charge in [-0.3, -0.25) is 4.79 Å². The first kappa shape index (κ1) is 13.6. The predicted molar refractivity (Wildman–Crippen MR) is 77.3 cm³/mol. The highest BCUT2D eigenvalue weighted by atomic mass is 16.2. The zero-order chi connectivity index (χ0) is 13.7. The summed E-state index contributed by atoms with van der Waals surface area (Å²) in [5, 5.41) is 9.42. The van der Waals surface area contributed by atoms with Gasteiger partial charge < -0.3 is 16.0 Å². The number of anilines is 2. The number of nitrogens with zero attached hydrogens (tertiary/aromatic N) is 1. The van der Waals surface area contributed by atoms with E-state index in [4.69, 9.17) is 0 Å². The monoisotopic (exact) mass is 262 g/mol. The molecule has 0 radical (unpaired) electrons. The van der Waals surface area contributed by atoms with Gasteiger partial charge in [0.15, 0.2) is 0 Å². The van der Waals surface area contributed by atoms with Crippen LogP contribution in [0.2, 0.25) is 0 Å². The number of aromatic nitrogens is 1. The molecule has 1 aliphatic rings. The lowest BCUT2D eigenvalue weighted by Crippen LogP contribution is -2.38. The van der Waals surface area contributed by atoms with Gasteiger partial charge in [-0.1, -0.05) is 6.92 Å². The second kappa shape index (κ2) is 6.41. The highest BCUT2D eigenvalue weighted by Crippen LogP contribution is 2.19. The second-order valence-corrected chi connectivity index (χ2v) is 5.01. The number of pyridine rings is 1. The van der Waals surface area contributed by atoms with E-state index in [2.05, 4.69) is 27.9 Å². The van der Waals surface area contributed by atoms with Crippen LogP contribution in [0.15, 0.2) is 18.3 Å². The first-order valence-corrected chi connectivity index (χ1v) is 6.96. The molecule has 0 aromatic carbocycles. The van der Waals surface area contributed by atoms with Gasteiger partial charge in [0.25, 0.3) is 0 Å². The Morgan fingerprint density at radius 1 is 1.53 bits per heavy atom. The van der Waals surface area contributed by atoms with Crippen LogP contribution in [0.1, 0.15) is 33.1 Å². The third-order valence-corrected chi connectivity index (χ3v) is 3.02. The van der Waals surface area contributed by atoms with E-state index in [1.807, 2.05) is 19.1 Å². The molecule has 1 unspecified atom stereocenters. The Labute approximate surface area is 114 Å². The van der Waals surface area contributed by atoms with Crippen LogP contribution in [0.3, 0.4) is 0 Å². The van der Waals surface area contributed by atoms with Gasteiger partial charge in [-0.2, -0.15) is 0 Å². The maximum Gasteiger partial charge on any atom is 0.242 e. The summed E-state index contributed by atoms with van der Waals surface area (Å²) in [4.78, 5) is 16.1. The van der Waals surface area contributed by atoms with Crippen LogP contribution in [0.5, 0.6) is 0 Å². The summed E-state index contributed by atoms with van der Waals surface area (Å²) in [5.74, 6) is 0.893. The molecule has 0 spiro atoms. The maximum atomic E-state index is 11.8. The van der Waals surface area contributed by atoms with Crippen LogP contribution >= 0.6 is 0 Å². The summed E-state index contributed by atoms with van der Waals surface area (Å²) in [6, 6.07) is 3.97. The first-order chi connectivity index (χ1) is 9.19. The minimum atomic E-state index is -0.234. The summed E-state index contributed by atoms with van der Waals surface area (Å²) in [5.41, 5.74) is 0.909. The predicted octanol–water partition coefficient (Wildman–Crippen LogP) is 1.98. The largest absolute Gasteiger partial charge is 0.374 e. The molecule has 19 heavy (non-hydrogen) atoms. The smallest absolute Gasteiger partial charge is 0.242 e. The molecular weight excluding hydrogens is 240 g/mol. The van der Waals surface area contributed by atoms with Crippen LogP contribution in [0.25, 0.3) is 0 Å². The fourth-order valence-electron chi connectivity index (χ4n) is 1.74. The molecular formula is C14H22N4O. The van der Waals surface area contributed by atoms with Gasteiger partial charge in [0.1, 0.15) is 11.9 Å². The van der Waals surface area contributed by atoms with Gasteiger partial charge in [-0.05, 0) is 32.3 Å². The first-order valence-electron chi connectivity index (χ1n) is 6.96. The normalized spacial score (nSPS) is 15.7. The number of hydrogen-bond donors (Lipinski definition) is 3. The number of amides is 1. The Kier molecular flexibility index (Phi) is 4.60. The number of rotatable bonds is 7. The summed E-state index contributed by atoms with van der Waals surface area (Å²) in [6.45, 7) is 4.88. The van der Waals surface area contributed by atoms with Crippen LogP contribution in [-0.4, -0.2) is 29.5 Å². The zero-order valence-electron chi connectivity index (χ0n) is 11.6. The number of hydrogen-bond acceptors (Lipinski definition) is 4. The van der Waals surface area contributed by atoms with Crippen molar-refractivity contribution in [3.63, 3.8) is 0 Å². The molecule has 1 heterocycles. The van der Waals surface area contributed by atoms with Crippen molar-refractivity contribution >= 4 is 17.4 Å². The van der Waals surface area contributed by atoms with Crippen molar-refractivity contribution < 1.29 is 4.79 Å². The molecule has 1 aromatic heterocycles. The van der Waals surface area contributed by atoms with Crippen LogP contribution < -0.4 is 16.0 Å². The molecule has 5 heteroatoms. The molecule has 1 fully saturated rings. The number of nitrogens with one attached hydrogen (secondary N) is 3. The number of carbonyl (C=O) groups is 1. The van der Waals surface area contributed by atoms with Crippen molar-refractivity contribution in [1.29, 1.82) is 0 Å². The molecule has 1 aromatic rings. The lowest BCUT2D eigenvalue weighted by atomic mass is 10.2. The quantitative estimate of drug-likeness (QED) is 0.703. The van der Waals surface area contributed by atoms with Gasteiger partial charge >= 0.3 is 0 Å². The summed E-state index contributed by atoms with van der Waals surface area (Å²) >= 11 is 0. The van der Waals surface area contributed by atoms with E-state index in [9.17, 15) is 4.79 Å². The lowest BCUT2D eigenvalue weighted by Gasteiger charge is -2.15. The van der Waals surface area contributed by atoms with Crippen LogP contribution in [0.4, 0.5) is 11.5 Å². The van der Waals surface area contributed by atoms with Crippen molar-refractivity contribution in [2.75, 3.05) is 17.2 Å². The standard InChI is InChI=1S/C14H22N4O/c1-3-7-15-13-9-12(6-8-16-13)17-10(2)14(19)18-11-4-5-11/h6,8-11H,3-5,7H2,1-2H3,(H,18,19)(H2,15,16,17). The van der Waals surface area contributed by atoms with Crippen molar-refractivity contribution in [2.24, 2.45) is 0 Å². The van der Waals surface area contributed by atoms with Gasteiger partial charge in [-0.15, -0.1) is 0 Å². The van der Waals surface area contributed by atoms with E-state index < -0.39 is 0 Å². The van der Waals surface area contributed by atoms with Crippen molar-refractivity contribution in [3.05, 3.63) is 18.3 Å². The average Bonchev–Trinajstić information content (AvgIpc) is 3.20. The van der Waals surface area contributed by atoms with Crippen LogP contribution in [0, 0.1) is 0 Å². The van der Waals surface area contributed by atoms with Gasteiger partial charge in [0.2, 0.25) is 5.91 Å². The van der Waals surface area contributed by atoms with E-state index in [-0.39, 0.29) is 11.9 Å². The molecule has 1 aliphatic carbocycles. The highest BCUT2D eigenvalue weighted by molar-refractivity contribution is 5.84. The topological polar surface area (TPSA) is 66.0 Å². The molecule has 104 valence electrons. The third kappa shape index (κ3) is 4.43. The molecule has 5 nitrogen and oxygen atoms in total. The molecule has 3 N–H and O–H groups in total. The Bertz CT molecular complexity index is 431. The average molecular weight is 262 g/mol. The Hall–Kier alpha value is -1.78. The SMILES string of the molecule is CCCNc1cc(NC(C)C(=O)NC2CC2)ccn1. The van der Waals surface area contributed by atoms with Crippen molar-refractivity contribution in [3.8, 4) is 0 Å². The van der Waals surface area contributed by atoms with E-state index in [1.54, 1.807) is 6.20 Å². The zero-order valence-corrected chi connectivity index (χ0v) is 11.6. The molecule has 0 aliphatic heterocycles. The summed E-state index contributed by atoms with van der Waals surface area (Å²) in [7, 11) is 0. The molecule has 1 amide bonds. The lowest BCUT2D eigenvalue weighted by molar-refractivity contribution is -0.121. The molecule has 1 saturated carbocycles. The van der Waals surface area contributed by atoms with Crippen molar-refractivity contribution in [2.45, 2.75) is 45.2 Å². The Morgan fingerprint density at radius 2 is 2.32 bits per heavy atom. The van der Waals surface area contributed by atoms with E-state index in [0.29, 0.717) is 6.04 Å². The second-order valence-electron chi connectivity index (χ2n) is 5.01. The van der Waals surface area contributed by atoms with E-state index in [1.165, 1.54) is 0 Å². The van der Waals surface area contributed by atoms with Gasteiger partial charge in [-0.25, -0.2) is 4.98 Å².